The smallest absolute Gasteiger partial charge is 0.00489 e. The topological polar surface area (TPSA) is 12.0 Å². The van der Waals surface area contributed by atoms with Crippen LogP contribution in [0.3, 0.4) is 0 Å². The lowest BCUT2D eigenvalue weighted by atomic mass is 10.2. The summed E-state index contributed by atoms with van der Waals surface area (Å²) in [4.78, 5) is 0. The molecule has 0 aromatic heterocycles. The molecule has 0 unspecified atom stereocenters. The van der Waals surface area contributed by atoms with Crippen LogP contribution < -0.4 is 5.32 Å². The zero-order valence-corrected chi connectivity index (χ0v) is 10.4. The molecule has 0 radical (unpaired) electrons. The molecule has 1 heteroatoms. The van der Waals surface area contributed by atoms with Crippen LogP contribution in [0.4, 0.5) is 0 Å². The first-order valence-corrected chi connectivity index (χ1v) is 6.12. The van der Waals surface area contributed by atoms with Gasteiger partial charge in [-0.25, -0.2) is 0 Å². The molecule has 86 valence electrons. The van der Waals surface area contributed by atoms with Crippen LogP contribution in [0.5, 0.6) is 0 Å². The molecule has 1 aliphatic heterocycles. The molecule has 1 aromatic carbocycles. The average Bonchev–Trinajstić information content (AvgIpc) is 2.36. The summed E-state index contributed by atoms with van der Waals surface area (Å²) in [5, 5.41) is 3.28. The van der Waals surface area contributed by atoms with E-state index in [0.29, 0.717) is 0 Å². The lowest BCUT2D eigenvalue weighted by Gasteiger charge is -2.08. The van der Waals surface area contributed by atoms with E-state index in [0.717, 1.165) is 0 Å². The largest absolute Gasteiger partial charge is 0.317 e. The van der Waals surface area contributed by atoms with Gasteiger partial charge in [0.15, 0.2) is 0 Å². The fourth-order valence-electron chi connectivity index (χ4n) is 1.34. The Morgan fingerprint density at radius 2 is 1.40 bits per heavy atom. The number of hydrogen-bond donors (Lipinski definition) is 1. The van der Waals surface area contributed by atoms with Crippen LogP contribution in [-0.2, 0) is 0 Å². The first kappa shape index (κ1) is 14.2. The van der Waals surface area contributed by atoms with Gasteiger partial charge in [-0.3, -0.25) is 0 Å². The van der Waals surface area contributed by atoms with E-state index in [2.05, 4.69) is 24.4 Å². The second-order valence-corrected chi connectivity index (χ2v) is 3.47. The minimum atomic E-state index is 1.25. The van der Waals surface area contributed by atoms with Crippen molar-refractivity contribution in [3.63, 3.8) is 0 Å². The van der Waals surface area contributed by atoms with Crippen molar-refractivity contribution in [1.29, 1.82) is 0 Å². The molecule has 1 fully saturated rings. The molecule has 1 nitrogen and oxygen atoms in total. The van der Waals surface area contributed by atoms with Gasteiger partial charge in [0.2, 0.25) is 0 Å². The molecule has 1 saturated heterocycles. The van der Waals surface area contributed by atoms with E-state index < -0.39 is 0 Å². The summed E-state index contributed by atoms with van der Waals surface area (Å²) in [6.07, 6.45) is 4.22. The normalized spacial score (nSPS) is 14.1. The highest BCUT2D eigenvalue weighted by molar-refractivity contribution is 5.11. The fourth-order valence-corrected chi connectivity index (χ4v) is 1.34. The molecular weight excluding hydrogens is 182 g/mol. The Morgan fingerprint density at radius 1 is 0.867 bits per heavy atom. The standard InChI is InChI=1S/C7H8.C5H11N.C2H6/c1-7-5-3-2-4-6-7;1-2-4-6-5-3-1;1-2/h2-6H,1H3;6H,1-5H2;1-2H3. The van der Waals surface area contributed by atoms with E-state index in [1.807, 2.05) is 32.0 Å². The molecule has 0 saturated carbocycles. The highest BCUT2D eigenvalue weighted by Crippen LogP contribution is 1.96. The molecule has 15 heavy (non-hydrogen) atoms. The minimum Gasteiger partial charge on any atom is -0.317 e. The second kappa shape index (κ2) is 11.3. The van der Waals surface area contributed by atoms with Crippen LogP contribution in [0.15, 0.2) is 30.3 Å². The van der Waals surface area contributed by atoms with Gasteiger partial charge in [-0.2, -0.15) is 0 Å². The Bertz CT molecular complexity index is 190. The molecule has 0 aliphatic carbocycles. The lowest BCUT2D eigenvalue weighted by Crippen LogP contribution is -2.21. The van der Waals surface area contributed by atoms with Gasteiger partial charge in [0.05, 0.1) is 0 Å². The number of aryl methyl sites for hydroxylation is 1. The Hall–Kier alpha value is -0.820. The van der Waals surface area contributed by atoms with Crippen molar-refractivity contribution < 1.29 is 0 Å². The van der Waals surface area contributed by atoms with Crippen LogP contribution in [0.25, 0.3) is 0 Å². The maximum absolute atomic E-state index is 3.28. The molecule has 1 N–H and O–H groups in total. The first-order chi connectivity index (χ1) is 7.39. The van der Waals surface area contributed by atoms with Crippen LogP contribution in [0, 0.1) is 6.92 Å². The van der Waals surface area contributed by atoms with Crippen molar-refractivity contribution in [1.82, 2.24) is 5.32 Å². The van der Waals surface area contributed by atoms with E-state index in [4.69, 9.17) is 0 Å². The molecule has 1 heterocycles. The third-order valence-corrected chi connectivity index (χ3v) is 2.15. The predicted molar refractivity (Wildman–Crippen MR) is 69.2 cm³/mol. The van der Waals surface area contributed by atoms with Crippen molar-refractivity contribution in [3.05, 3.63) is 35.9 Å². The van der Waals surface area contributed by atoms with Crippen LogP contribution in [0.1, 0.15) is 38.7 Å². The summed E-state index contributed by atoms with van der Waals surface area (Å²) in [5.41, 5.74) is 1.32. The highest BCUT2D eigenvalue weighted by Gasteiger charge is 1.93. The molecule has 0 bridgehead atoms. The molecule has 1 aromatic rings. The quantitative estimate of drug-likeness (QED) is 0.682. The van der Waals surface area contributed by atoms with Gasteiger partial charge in [0.1, 0.15) is 0 Å². The summed E-state index contributed by atoms with van der Waals surface area (Å²) in [6, 6.07) is 10.3. The van der Waals surface area contributed by atoms with E-state index in [1.54, 1.807) is 0 Å². The Balaban J connectivity index is 0.000000227. The van der Waals surface area contributed by atoms with E-state index in [1.165, 1.54) is 37.9 Å². The Kier molecular flexibility index (Phi) is 10.6. The van der Waals surface area contributed by atoms with Gasteiger partial charge >= 0.3 is 0 Å². The summed E-state index contributed by atoms with van der Waals surface area (Å²) in [7, 11) is 0. The van der Waals surface area contributed by atoms with Gasteiger partial charge in [-0.15, -0.1) is 0 Å². The van der Waals surface area contributed by atoms with E-state index >= 15 is 0 Å². The van der Waals surface area contributed by atoms with Crippen molar-refractivity contribution in [2.75, 3.05) is 13.1 Å². The SMILES string of the molecule is C1CCNCC1.CC.Cc1ccccc1. The van der Waals surface area contributed by atoms with Crippen molar-refractivity contribution in [3.8, 4) is 0 Å². The summed E-state index contributed by atoms with van der Waals surface area (Å²) < 4.78 is 0. The number of hydrogen-bond acceptors (Lipinski definition) is 1. The number of nitrogens with one attached hydrogen (secondary N) is 1. The van der Waals surface area contributed by atoms with E-state index in [9.17, 15) is 0 Å². The van der Waals surface area contributed by atoms with Crippen molar-refractivity contribution in [2.45, 2.75) is 40.0 Å². The van der Waals surface area contributed by atoms with Gasteiger partial charge in [-0.05, 0) is 32.9 Å². The third kappa shape index (κ3) is 9.48. The molecular formula is C14H25N. The third-order valence-electron chi connectivity index (χ3n) is 2.15. The summed E-state index contributed by atoms with van der Waals surface area (Å²) >= 11 is 0. The van der Waals surface area contributed by atoms with Gasteiger partial charge < -0.3 is 5.32 Å². The molecule has 0 amide bonds. The lowest BCUT2D eigenvalue weighted by molar-refractivity contribution is 0.520. The predicted octanol–water partition coefficient (Wildman–Crippen LogP) is 3.78. The zero-order chi connectivity index (χ0) is 11.4. The van der Waals surface area contributed by atoms with Crippen LogP contribution >= 0.6 is 0 Å². The molecule has 1 aliphatic rings. The number of piperidine rings is 1. The molecule has 2 rings (SSSR count). The van der Waals surface area contributed by atoms with Gasteiger partial charge in [-0.1, -0.05) is 56.2 Å². The van der Waals surface area contributed by atoms with Crippen molar-refractivity contribution in [2.24, 2.45) is 0 Å². The monoisotopic (exact) mass is 207 g/mol. The van der Waals surface area contributed by atoms with Crippen LogP contribution in [-0.4, -0.2) is 13.1 Å². The van der Waals surface area contributed by atoms with Crippen molar-refractivity contribution >= 4 is 0 Å². The maximum atomic E-state index is 3.28. The summed E-state index contributed by atoms with van der Waals surface area (Å²) in [6.45, 7) is 8.58. The summed E-state index contributed by atoms with van der Waals surface area (Å²) in [5.74, 6) is 0. The fraction of sp³-hybridized carbons (Fsp3) is 0.571. The van der Waals surface area contributed by atoms with Gasteiger partial charge in [0.25, 0.3) is 0 Å². The number of benzene rings is 1. The molecule has 0 spiro atoms. The maximum Gasteiger partial charge on any atom is -0.00489 e. The van der Waals surface area contributed by atoms with E-state index in [-0.39, 0.29) is 0 Å². The minimum absolute atomic E-state index is 1.25. The number of rotatable bonds is 0. The van der Waals surface area contributed by atoms with Crippen LogP contribution in [0.2, 0.25) is 0 Å². The second-order valence-electron chi connectivity index (χ2n) is 3.47. The average molecular weight is 207 g/mol. The zero-order valence-electron chi connectivity index (χ0n) is 10.4. The molecule has 0 atom stereocenters. The Morgan fingerprint density at radius 3 is 1.60 bits per heavy atom. The Labute approximate surface area is 94.9 Å². The van der Waals surface area contributed by atoms with Gasteiger partial charge in [0, 0.05) is 0 Å². The highest BCUT2D eigenvalue weighted by atomic mass is 14.9. The first-order valence-electron chi connectivity index (χ1n) is 6.12.